The summed E-state index contributed by atoms with van der Waals surface area (Å²) in [6.07, 6.45) is 4.31. The van der Waals surface area contributed by atoms with E-state index in [9.17, 15) is 0 Å². The Kier molecular flexibility index (Phi) is 5.90. The molecule has 0 radical (unpaired) electrons. The molecule has 0 saturated carbocycles. The molecule has 0 aliphatic carbocycles. The first-order valence-electron chi connectivity index (χ1n) is 16.3. The van der Waals surface area contributed by atoms with E-state index in [0.29, 0.717) is 0 Å². The zero-order valence-corrected chi connectivity index (χ0v) is 26.0. The van der Waals surface area contributed by atoms with Gasteiger partial charge >= 0.3 is 0 Å². The van der Waals surface area contributed by atoms with Crippen LogP contribution in [-0.2, 0) is 0 Å². The van der Waals surface area contributed by atoms with Gasteiger partial charge in [0.25, 0.3) is 0 Å². The maximum absolute atomic E-state index is 5.23. The van der Waals surface area contributed by atoms with Gasteiger partial charge < -0.3 is 5.32 Å². The minimum Gasteiger partial charge on any atom is -0.379 e. The number of hydrogen-bond acceptors (Lipinski definition) is 4. The minimum atomic E-state index is 0.817. The van der Waals surface area contributed by atoms with Crippen LogP contribution in [0.5, 0.6) is 0 Å². The van der Waals surface area contributed by atoms with Crippen molar-refractivity contribution in [2.45, 2.75) is 0 Å². The van der Waals surface area contributed by atoms with Crippen molar-refractivity contribution in [3.05, 3.63) is 151 Å². The van der Waals surface area contributed by atoms with Gasteiger partial charge in [-0.25, -0.2) is 15.0 Å². The normalized spacial score (nSPS) is 12.6. The number of hydrogen-bond donors (Lipinski definition) is 1. The van der Waals surface area contributed by atoms with Gasteiger partial charge in [-0.15, -0.1) is 0 Å². The quantitative estimate of drug-likeness (QED) is 0.202. The molecule has 0 unspecified atom stereocenters. The highest BCUT2D eigenvalue weighted by Crippen LogP contribution is 2.34. The first-order valence-corrected chi connectivity index (χ1v) is 16.3. The topological polar surface area (TPSA) is 50.7 Å². The summed E-state index contributed by atoms with van der Waals surface area (Å²) in [5, 5.41) is 11.6. The van der Waals surface area contributed by atoms with Gasteiger partial charge in [-0.1, -0.05) is 115 Å². The van der Waals surface area contributed by atoms with Crippen molar-refractivity contribution in [1.82, 2.24) is 15.0 Å². The van der Waals surface area contributed by atoms with Gasteiger partial charge in [0.15, 0.2) is 0 Å². The Bertz CT molecular complexity index is 2800. The molecule has 9 aromatic rings. The lowest BCUT2D eigenvalue weighted by Gasteiger charge is -2.16. The Morgan fingerprint density at radius 2 is 0.854 bits per heavy atom. The number of aromatic nitrogens is 3. The second-order valence-electron chi connectivity index (χ2n) is 12.5. The van der Waals surface area contributed by atoms with Crippen LogP contribution in [0, 0.1) is 0 Å². The molecule has 6 aromatic carbocycles. The molecule has 0 fully saturated rings. The van der Waals surface area contributed by atoms with E-state index in [1.54, 1.807) is 0 Å². The molecule has 3 aromatic heterocycles. The van der Waals surface area contributed by atoms with Crippen LogP contribution in [0.2, 0.25) is 0 Å². The van der Waals surface area contributed by atoms with Crippen LogP contribution < -0.4 is 5.32 Å². The number of nitrogens with zero attached hydrogens (tertiary/aromatic N) is 3. The van der Waals surface area contributed by atoms with Gasteiger partial charge in [0.1, 0.15) is 0 Å². The lowest BCUT2D eigenvalue weighted by atomic mass is 9.99. The van der Waals surface area contributed by atoms with E-state index in [1.807, 2.05) is 0 Å². The van der Waals surface area contributed by atoms with E-state index in [2.05, 4.69) is 157 Å². The first kappa shape index (κ1) is 26.8. The third-order valence-electron chi connectivity index (χ3n) is 9.59. The van der Waals surface area contributed by atoms with Crippen LogP contribution in [0.15, 0.2) is 146 Å². The SMILES string of the molecule is C1=Cc2ccc3ccc(-c4ccc5ccc(-c6ccc7ccc8ccc(-c9ccc%10ccccc%10c9)nc8c7n6)cc5c4)nc3c2NC1. The summed E-state index contributed by atoms with van der Waals surface area (Å²) in [5.74, 6) is 0. The summed E-state index contributed by atoms with van der Waals surface area (Å²) >= 11 is 0. The van der Waals surface area contributed by atoms with Gasteiger partial charge in [0.05, 0.1) is 39.3 Å². The lowest BCUT2D eigenvalue weighted by molar-refractivity contribution is 1.30. The van der Waals surface area contributed by atoms with E-state index in [-0.39, 0.29) is 0 Å². The Balaban J connectivity index is 1.06. The van der Waals surface area contributed by atoms with Gasteiger partial charge in [-0.2, -0.15) is 0 Å². The molecule has 0 bridgehead atoms. The Morgan fingerprint density at radius 1 is 0.396 bits per heavy atom. The average Bonchev–Trinajstić information content (AvgIpc) is 3.16. The molecule has 0 amide bonds. The van der Waals surface area contributed by atoms with Crippen molar-refractivity contribution in [3.63, 3.8) is 0 Å². The zero-order chi connectivity index (χ0) is 31.6. The fourth-order valence-corrected chi connectivity index (χ4v) is 7.04. The molecule has 4 heteroatoms. The predicted octanol–water partition coefficient (Wildman–Crippen LogP) is 11.1. The largest absolute Gasteiger partial charge is 0.379 e. The van der Waals surface area contributed by atoms with Crippen LogP contribution >= 0.6 is 0 Å². The summed E-state index contributed by atoms with van der Waals surface area (Å²) in [5.41, 5.74) is 11.2. The smallest absolute Gasteiger partial charge is 0.0972 e. The van der Waals surface area contributed by atoms with E-state index in [1.165, 1.54) is 21.7 Å². The molecular formula is C44H28N4. The Morgan fingerprint density at radius 3 is 1.48 bits per heavy atom. The van der Waals surface area contributed by atoms with E-state index in [0.717, 1.165) is 84.1 Å². The van der Waals surface area contributed by atoms with Crippen LogP contribution in [0.4, 0.5) is 5.69 Å². The number of rotatable bonds is 3. The first-order chi connectivity index (χ1) is 23.7. The number of pyridine rings is 3. The van der Waals surface area contributed by atoms with Crippen molar-refractivity contribution < 1.29 is 0 Å². The van der Waals surface area contributed by atoms with Crippen molar-refractivity contribution in [2.75, 3.05) is 11.9 Å². The summed E-state index contributed by atoms with van der Waals surface area (Å²) in [6.45, 7) is 0.817. The van der Waals surface area contributed by atoms with Crippen LogP contribution in [0.25, 0.3) is 94.1 Å². The molecule has 4 heterocycles. The average molecular weight is 613 g/mol. The van der Waals surface area contributed by atoms with E-state index in [4.69, 9.17) is 15.0 Å². The number of benzene rings is 6. The van der Waals surface area contributed by atoms with Crippen molar-refractivity contribution in [1.29, 1.82) is 0 Å². The van der Waals surface area contributed by atoms with E-state index >= 15 is 0 Å². The van der Waals surface area contributed by atoms with Crippen molar-refractivity contribution >= 4 is 66.0 Å². The molecule has 48 heavy (non-hydrogen) atoms. The molecule has 224 valence electrons. The number of nitrogens with one attached hydrogen (secondary N) is 1. The fourth-order valence-electron chi connectivity index (χ4n) is 7.04. The lowest BCUT2D eigenvalue weighted by Crippen LogP contribution is -2.05. The van der Waals surface area contributed by atoms with Gasteiger partial charge in [0, 0.05) is 39.4 Å². The zero-order valence-electron chi connectivity index (χ0n) is 26.0. The molecular weight excluding hydrogens is 585 g/mol. The molecule has 0 saturated heterocycles. The van der Waals surface area contributed by atoms with Gasteiger partial charge in [-0.05, 0) is 63.5 Å². The molecule has 4 nitrogen and oxygen atoms in total. The Labute approximate surface area is 277 Å². The van der Waals surface area contributed by atoms with Crippen molar-refractivity contribution in [3.8, 4) is 33.8 Å². The molecule has 10 rings (SSSR count). The third kappa shape index (κ3) is 4.42. The summed E-state index contributed by atoms with van der Waals surface area (Å²) in [7, 11) is 0. The number of fused-ring (bicyclic) bond motifs is 8. The van der Waals surface area contributed by atoms with E-state index < -0.39 is 0 Å². The highest BCUT2D eigenvalue weighted by atomic mass is 14.9. The molecule has 1 aliphatic heterocycles. The molecule has 0 atom stereocenters. The molecule has 0 spiro atoms. The van der Waals surface area contributed by atoms with Crippen LogP contribution in [0.3, 0.4) is 0 Å². The number of anilines is 1. The minimum absolute atomic E-state index is 0.817. The maximum atomic E-state index is 5.23. The highest BCUT2D eigenvalue weighted by Gasteiger charge is 2.13. The second kappa shape index (κ2) is 10.6. The van der Waals surface area contributed by atoms with Crippen LogP contribution in [-0.4, -0.2) is 21.5 Å². The third-order valence-corrected chi connectivity index (χ3v) is 9.59. The summed E-state index contributed by atoms with van der Waals surface area (Å²) < 4.78 is 0. The van der Waals surface area contributed by atoms with Crippen molar-refractivity contribution in [2.24, 2.45) is 0 Å². The molecule has 1 aliphatic rings. The summed E-state index contributed by atoms with van der Waals surface area (Å²) in [4.78, 5) is 15.6. The maximum Gasteiger partial charge on any atom is 0.0972 e. The fraction of sp³-hybridized carbons (Fsp3) is 0.0227. The highest BCUT2D eigenvalue weighted by molar-refractivity contribution is 6.05. The van der Waals surface area contributed by atoms with Crippen LogP contribution in [0.1, 0.15) is 5.56 Å². The molecule has 1 N–H and O–H groups in total. The monoisotopic (exact) mass is 612 g/mol. The standard InChI is InChI=1S/C44H28N4/c1-2-5-33-24-34(14-7-27(33)4-1)38-21-18-31-12-13-32-19-22-40(48-44(32)43(31)47-38)36-16-9-28-8-15-35(25-37(28)26-36)39-20-17-30-11-10-29-6-3-23-45-41(29)42(30)46-39/h1-22,24-26,45H,23H2. The van der Waals surface area contributed by atoms with Gasteiger partial charge in [0.2, 0.25) is 0 Å². The Hall–Kier alpha value is -6.39. The predicted molar refractivity (Wildman–Crippen MR) is 201 cm³/mol. The second-order valence-corrected chi connectivity index (χ2v) is 12.5. The van der Waals surface area contributed by atoms with Gasteiger partial charge in [-0.3, -0.25) is 0 Å². The summed E-state index contributed by atoms with van der Waals surface area (Å²) in [6, 6.07) is 49.5.